The molecule has 1 aliphatic rings. The molecule has 26 heavy (non-hydrogen) atoms. The molecule has 138 valence electrons. The fourth-order valence-corrected chi connectivity index (χ4v) is 3.77. The topological polar surface area (TPSA) is 68.2 Å². The van der Waals surface area contributed by atoms with Gasteiger partial charge in [-0.05, 0) is 23.9 Å². The summed E-state index contributed by atoms with van der Waals surface area (Å²) < 4.78 is 9.93. The summed E-state index contributed by atoms with van der Waals surface area (Å²) in [5.74, 6) is 2.11. The van der Waals surface area contributed by atoms with Crippen molar-refractivity contribution in [1.82, 2.24) is 34.1 Å². The van der Waals surface area contributed by atoms with Gasteiger partial charge in [-0.1, -0.05) is 0 Å². The maximum absolute atomic E-state index is 5.96. The summed E-state index contributed by atoms with van der Waals surface area (Å²) in [6.45, 7) is 5.93. The molecule has 8 nitrogen and oxygen atoms in total. The third kappa shape index (κ3) is 4.00. The minimum Gasteiger partial charge on any atom is -0.453 e. The van der Waals surface area contributed by atoms with Gasteiger partial charge in [-0.2, -0.15) is 0 Å². The van der Waals surface area contributed by atoms with Crippen LogP contribution in [-0.4, -0.2) is 60.3 Å². The van der Waals surface area contributed by atoms with E-state index in [-0.39, 0.29) is 0 Å². The first-order valence-corrected chi connectivity index (χ1v) is 9.50. The second kappa shape index (κ2) is 7.65. The van der Waals surface area contributed by atoms with Crippen molar-refractivity contribution in [2.75, 3.05) is 26.2 Å². The number of hydrogen-bond acceptors (Lipinski definition) is 7. The van der Waals surface area contributed by atoms with Crippen molar-refractivity contribution >= 4 is 11.8 Å². The molecule has 4 rings (SSSR count). The third-order valence-corrected chi connectivity index (χ3v) is 5.60. The molecular formula is C17H23N7OS. The summed E-state index contributed by atoms with van der Waals surface area (Å²) >= 11 is 1.49. The van der Waals surface area contributed by atoms with Crippen LogP contribution in [-0.2, 0) is 27.2 Å². The minimum absolute atomic E-state index is 0.828. The lowest BCUT2D eigenvalue weighted by Crippen LogP contribution is -2.45. The Kier molecular flexibility index (Phi) is 5.09. The fourth-order valence-electron chi connectivity index (χ4n) is 3.03. The van der Waals surface area contributed by atoms with Crippen molar-refractivity contribution in [3.8, 4) is 0 Å². The Labute approximate surface area is 156 Å². The molecule has 0 bridgehead atoms. The quantitative estimate of drug-likeness (QED) is 0.650. The zero-order chi connectivity index (χ0) is 17.9. The van der Waals surface area contributed by atoms with Gasteiger partial charge in [0.1, 0.15) is 17.9 Å². The van der Waals surface area contributed by atoms with Crippen LogP contribution >= 0.6 is 11.8 Å². The van der Waals surface area contributed by atoms with E-state index >= 15 is 0 Å². The lowest BCUT2D eigenvalue weighted by Gasteiger charge is -2.33. The number of nitrogens with zero attached hydrogens (tertiary/aromatic N) is 7. The normalized spacial score (nSPS) is 16.4. The Bertz CT molecular complexity index is 847. The van der Waals surface area contributed by atoms with E-state index < -0.39 is 0 Å². The molecule has 0 unspecified atom stereocenters. The van der Waals surface area contributed by atoms with Crippen molar-refractivity contribution in [1.29, 1.82) is 0 Å². The van der Waals surface area contributed by atoms with E-state index in [1.54, 1.807) is 6.33 Å². The first-order valence-electron chi connectivity index (χ1n) is 8.69. The highest BCUT2D eigenvalue weighted by molar-refractivity contribution is 7.99. The van der Waals surface area contributed by atoms with Crippen LogP contribution in [0.15, 0.2) is 45.5 Å². The average molecular weight is 373 g/mol. The first-order chi connectivity index (χ1) is 12.7. The van der Waals surface area contributed by atoms with Gasteiger partial charge in [0.25, 0.3) is 0 Å². The van der Waals surface area contributed by atoms with Gasteiger partial charge in [-0.3, -0.25) is 9.80 Å². The van der Waals surface area contributed by atoms with Gasteiger partial charge in [-0.25, -0.2) is 4.98 Å². The predicted octanol–water partition coefficient (Wildman–Crippen LogP) is 1.61. The van der Waals surface area contributed by atoms with Crippen molar-refractivity contribution in [3.05, 3.63) is 42.4 Å². The highest BCUT2D eigenvalue weighted by Crippen LogP contribution is 2.27. The van der Waals surface area contributed by atoms with Crippen LogP contribution in [0.4, 0.5) is 0 Å². The van der Waals surface area contributed by atoms with E-state index in [1.165, 1.54) is 11.8 Å². The van der Waals surface area contributed by atoms with E-state index in [0.717, 1.165) is 61.1 Å². The molecule has 4 heterocycles. The van der Waals surface area contributed by atoms with E-state index in [0.29, 0.717) is 0 Å². The summed E-state index contributed by atoms with van der Waals surface area (Å²) in [6, 6.07) is 4.06. The second-order valence-electron chi connectivity index (χ2n) is 6.55. The van der Waals surface area contributed by atoms with Gasteiger partial charge in [-0.15, -0.1) is 10.2 Å². The molecule has 0 aromatic carbocycles. The predicted molar refractivity (Wildman–Crippen MR) is 97.6 cm³/mol. The largest absolute Gasteiger partial charge is 0.453 e. The van der Waals surface area contributed by atoms with E-state index in [4.69, 9.17) is 4.42 Å². The lowest BCUT2D eigenvalue weighted by molar-refractivity contribution is 0.112. The standard InChI is InChI=1S/C17H23N7OS/c1-21-6-5-18-15(21)12-24-9-7-23(8-10-24)11-14-3-4-16(25-14)26-17-20-19-13-22(17)2/h3-6,13H,7-12H2,1-2H3. The summed E-state index contributed by atoms with van der Waals surface area (Å²) in [4.78, 5) is 9.30. The summed E-state index contributed by atoms with van der Waals surface area (Å²) in [7, 11) is 3.97. The van der Waals surface area contributed by atoms with Crippen LogP contribution in [0.2, 0.25) is 0 Å². The average Bonchev–Trinajstić information content (AvgIpc) is 3.35. The second-order valence-corrected chi connectivity index (χ2v) is 7.53. The van der Waals surface area contributed by atoms with Crippen LogP contribution in [0.25, 0.3) is 0 Å². The number of aromatic nitrogens is 5. The van der Waals surface area contributed by atoms with Gasteiger partial charge < -0.3 is 13.6 Å². The Morgan fingerprint density at radius 2 is 1.81 bits per heavy atom. The number of aryl methyl sites for hydroxylation is 2. The van der Waals surface area contributed by atoms with Crippen LogP contribution in [0, 0.1) is 0 Å². The molecule has 0 aliphatic carbocycles. The summed E-state index contributed by atoms with van der Waals surface area (Å²) in [5.41, 5.74) is 0. The number of rotatable bonds is 6. The van der Waals surface area contributed by atoms with Crippen molar-refractivity contribution in [2.45, 2.75) is 23.3 Å². The van der Waals surface area contributed by atoms with Gasteiger partial charge in [0, 0.05) is 52.7 Å². The Morgan fingerprint density at radius 3 is 2.46 bits per heavy atom. The molecule has 0 amide bonds. The number of piperazine rings is 1. The van der Waals surface area contributed by atoms with Gasteiger partial charge in [0.15, 0.2) is 10.2 Å². The van der Waals surface area contributed by atoms with Crippen molar-refractivity contribution < 1.29 is 4.42 Å². The van der Waals surface area contributed by atoms with E-state index in [2.05, 4.69) is 35.6 Å². The highest BCUT2D eigenvalue weighted by Gasteiger charge is 2.19. The van der Waals surface area contributed by atoms with E-state index in [9.17, 15) is 0 Å². The molecule has 1 aliphatic heterocycles. The molecule has 0 spiro atoms. The molecule has 0 radical (unpaired) electrons. The fraction of sp³-hybridized carbons (Fsp3) is 0.471. The van der Waals surface area contributed by atoms with Crippen molar-refractivity contribution in [2.24, 2.45) is 14.1 Å². The summed E-state index contributed by atoms with van der Waals surface area (Å²) in [5, 5.41) is 9.64. The maximum Gasteiger partial charge on any atom is 0.198 e. The molecule has 9 heteroatoms. The van der Waals surface area contributed by atoms with Gasteiger partial charge in [0.05, 0.1) is 13.1 Å². The van der Waals surface area contributed by atoms with Crippen LogP contribution < -0.4 is 0 Å². The lowest BCUT2D eigenvalue weighted by atomic mass is 10.3. The molecular weight excluding hydrogens is 350 g/mol. The zero-order valence-corrected chi connectivity index (χ0v) is 15.9. The molecule has 1 saturated heterocycles. The Balaban J connectivity index is 1.27. The number of furan rings is 1. The zero-order valence-electron chi connectivity index (χ0n) is 15.1. The molecule has 0 N–H and O–H groups in total. The third-order valence-electron chi connectivity index (χ3n) is 4.63. The van der Waals surface area contributed by atoms with Crippen molar-refractivity contribution in [3.63, 3.8) is 0 Å². The minimum atomic E-state index is 0.828. The first kappa shape index (κ1) is 17.3. The Morgan fingerprint density at radius 1 is 1.04 bits per heavy atom. The smallest absolute Gasteiger partial charge is 0.198 e. The van der Waals surface area contributed by atoms with Gasteiger partial charge >= 0.3 is 0 Å². The monoisotopic (exact) mass is 373 g/mol. The molecule has 0 saturated carbocycles. The van der Waals surface area contributed by atoms with Crippen LogP contribution in [0.1, 0.15) is 11.6 Å². The number of hydrogen-bond donors (Lipinski definition) is 0. The highest BCUT2D eigenvalue weighted by atomic mass is 32.2. The van der Waals surface area contributed by atoms with Crippen LogP contribution in [0.3, 0.4) is 0 Å². The molecule has 3 aromatic rings. The maximum atomic E-state index is 5.96. The summed E-state index contributed by atoms with van der Waals surface area (Å²) in [6.07, 6.45) is 5.55. The SMILES string of the molecule is Cn1ccnc1CN1CCN(Cc2ccc(Sc3nncn3C)o2)CC1. The molecule has 3 aromatic heterocycles. The molecule has 0 atom stereocenters. The van der Waals surface area contributed by atoms with Crippen LogP contribution in [0.5, 0.6) is 0 Å². The van der Waals surface area contributed by atoms with Gasteiger partial charge in [0.2, 0.25) is 0 Å². The Hall–Kier alpha value is -2.10. The van der Waals surface area contributed by atoms with E-state index in [1.807, 2.05) is 37.1 Å². The number of imidazole rings is 1. The molecule has 1 fully saturated rings.